The van der Waals surface area contributed by atoms with Gasteiger partial charge in [0.2, 0.25) is 17.7 Å². The van der Waals surface area contributed by atoms with Crippen molar-refractivity contribution >= 4 is 23.4 Å². The van der Waals surface area contributed by atoms with E-state index in [1.165, 1.54) is 0 Å². The highest BCUT2D eigenvalue weighted by atomic mass is 16.5. The molecule has 9 nitrogen and oxygen atoms in total. The standard InChI is InChI=1S/C20H21N7O2/c1-12-23-17(25-29-12)13-5-3-6-14(9-13)27-11-15-7-4-8-26(15)18-16(19(27)28)10-22-20(21-2)24-18/h3,5-6,9-10,15H,4,7-8,11H2,1-2H3,(H,21,22,24)/t15-/m0/s1. The summed E-state index contributed by atoms with van der Waals surface area (Å²) in [7, 11) is 1.78. The molecule has 0 saturated carbocycles. The smallest absolute Gasteiger partial charge is 0.263 e. The first-order chi connectivity index (χ1) is 14.1. The molecule has 2 aromatic heterocycles. The number of fused-ring (bicyclic) bond motifs is 3. The van der Waals surface area contributed by atoms with Gasteiger partial charge >= 0.3 is 0 Å². The number of carbonyl (C=O) groups is 1. The molecular formula is C20H21N7O2. The third-order valence-corrected chi connectivity index (χ3v) is 5.45. The van der Waals surface area contributed by atoms with Gasteiger partial charge in [0.05, 0.1) is 0 Å². The lowest BCUT2D eigenvalue weighted by Crippen LogP contribution is -2.39. The maximum absolute atomic E-state index is 13.5. The predicted octanol–water partition coefficient (Wildman–Crippen LogP) is 2.51. The van der Waals surface area contributed by atoms with Crippen molar-refractivity contribution < 1.29 is 9.32 Å². The van der Waals surface area contributed by atoms with Gasteiger partial charge in [0.15, 0.2) is 0 Å². The molecule has 1 N–H and O–H groups in total. The Bertz CT molecular complexity index is 1080. The molecular weight excluding hydrogens is 370 g/mol. The molecule has 2 aliphatic heterocycles. The molecule has 1 atom stereocenters. The quantitative estimate of drug-likeness (QED) is 0.727. The fourth-order valence-electron chi connectivity index (χ4n) is 4.06. The Morgan fingerprint density at radius 2 is 2.17 bits per heavy atom. The zero-order chi connectivity index (χ0) is 20.0. The van der Waals surface area contributed by atoms with Crippen molar-refractivity contribution in [1.29, 1.82) is 0 Å². The number of rotatable bonds is 3. The van der Waals surface area contributed by atoms with E-state index < -0.39 is 0 Å². The van der Waals surface area contributed by atoms with Crippen LogP contribution in [0.1, 0.15) is 29.1 Å². The van der Waals surface area contributed by atoms with Crippen molar-refractivity contribution in [2.75, 3.05) is 35.3 Å². The monoisotopic (exact) mass is 391 g/mol. The number of nitrogens with one attached hydrogen (secondary N) is 1. The Morgan fingerprint density at radius 1 is 1.28 bits per heavy atom. The van der Waals surface area contributed by atoms with Gasteiger partial charge in [-0.05, 0) is 25.0 Å². The maximum atomic E-state index is 13.5. The Morgan fingerprint density at radius 3 is 2.97 bits per heavy atom. The van der Waals surface area contributed by atoms with Crippen molar-refractivity contribution in [3.8, 4) is 11.4 Å². The predicted molar refractivity (Wildman–Crippen MR) is 108 cm³/mol. The number of amides is 1. The number of aromatic nitrogens is 4. The van der Waals surface area contributed by atoms with Gasteiger partial charge in [-0.3, -0.25) is 4.79 Å². The van der Waals surface area contributed by atoms with Crippen LogP contribution in [-0.4, -0.2) is 52.2 Å². The molecule has 3 aromatic rings. The molecule has 29 heavy (non-hydrogen) atoms. The molecule has 1 aromatic carbocycles. The molecule has 0 spiro atoms. The van der Waals surface area contributed by atoms with E-state index in [0.717, 1.165) is 30.6 Å². The minimum Gasteiger partial charge on any atom is -0.357 e. The summed E-state index contributed by atoms with van der Waals surface area (Å²) in [5.74, 6) is 2.15. The second kappa shape index (κ2) is 6.84. The van der Waals surface area contributed by atoms with E-state index in [2.05, 4.69) is 30.3 Å². The van der Waals surface area contributed by atoms with Crippen LogP contribution in [0.2, 0.25) is 0 Å². The van der Waals surface area contributed by atoms with Crippen LogP contribution in [0.4, 0.5) is 17.5 Å². The molecule has 1 saturated heterocycles. The molecule has 0 unspecified atom stereocenters. The Hall–Kier alpha value is -3.49. The molecule has 1 fully saturated rings. The van der Waals surface area contributed by atoms with E-state index >= 15 is 0 Å². The van der Waals surface area contributed by atoms with Crippen molar-refractivity contribution in [2.45, 2.75) is 25.8 Å². The molecule has 9 heteroatoms. The van der Waals surface area contributed by atoms with Gasteiger partial charge in [0, 0.05) is 50.6 Å². The Labute approximate surface area is 167 Å². The summed E-state index contributed by atoms with van der Waals surface area (Å²) in [6, 6.07) is 7.89. The summed E-state index contributed by atoms with van der Waals surface area (Å²) in [5.41, 5.74) is 2.13. The zero-order valence-corrected chi connectivity index (χ0v) is 16.3. The lowest BCUT2D eigenvalue weighted by molar-refractivity contribution is 0.0988. The number of nitrogens with zero attached hydrogens (tertiary/aromatic N) is 6. The Kier molecular flexibility index (Phi) is 4.15. The van der Waals surface area contributed by atoms with Gasteiger partial charge < -0.3 is 19.6 Å². The number of benzene rings is 1. The first-order valence-electron chi connectivity index (χ1n) is 9.68. The topological polar surface area (TPSA) is 100 Å². The summed E-state index contributed by atoms with van der Waals surface area (Å²) in [4.78, 5) is 30.7. The lowest BCUT2D eigenvalue weighted by Gasteiger charge is -2.27. The highest BCUT2D eigenvalue weighted by molar-refractivity contribution is 6.10. The third kappa shape index (κ3) is 2.98. The van der Waals surface area contributed by atoms with Gasteiger partial charge in [-0.15, -0.1) is 0 Å². The van der Waals surface area contributed by atoms with Crippen LogP contribution in [0.3, 0.4) is 0 Å². The molecule has 0 aliphatic carbocycles. The third-order valence-electron chi connectivity index (χ3n) is 5.45. The SMILES string of the molecule is CNc1ncc2c(n1)N1CCC[C@H]1CN(c1cccc(-c3noc(C)n3)c1)C2=O. The van der Waals surface area contributed by atoms with E-state index in [0.29, 0.717) is 35.6 Å². The van der Waals surface area contributed by atoms with Crippen molar-refractivity contribution in [2.24, 2.45) is 0 Å². The summed E-state index contributed by atoms with van der Waals surface area (Å²) >= 11 is 0. The summed E-state index contributed by atoms with van der Waals surface area (Å²) in [6.07, 6.45) is 3.72. The van der Waals surface area contributed by atoms with Crippen LogP contribution in [0.15, 0.2) is 35.0 Å². The number of hydrogen-bond acceptors (Lipinski definition) is 8. The van der Waals surface area contributed by atoms with Crippen LogP contribution in [-0.2, 0) is 0 Å². The second-order valence-electron chi connectivity index (χ2n) is 7.27. The van der Waals surface area contributed by atoms with Crippen molar-refractivity contribution in [3.05, 3.63) is 41.9 Å². The molecule has 4 heterocycles. The normalized spacial score (nSPS) is 18.4. The van der Waals surface area contributed by atoms with Crippen molar-refractivity contribution in [1.82, 2.24) is 20.1 Å². The van der Waals surface area contributed by atoms with Gasteiger partial charge in [0.1, 0.15) is 11.4 Å². The molecule has 0 radical (unpaired) electrons. The van der Waals surface area contributed by atoms with Crippen molar-refractivity contribution in [3.63, 3.8) is 0 Å². The van der Waals surface area contributed by atoms with E-state index in [1.54, 1.807) is 20.2 Å². The summed E-state index contributed by atoms with van der Waals surface area (Å²) in [5, 5.41) is 6.96. The zero-order valence-electron chi connectivity index (χ0n) is 16.3. The average Bonchev–Trinajstić information content (AvgIpc) is 3.37. The minimum absolute atomic E-state index is 0.0986. The first-order valence-corrected chi connectivity index (χ1v) is 9.68. The van der Waals surface area contributed by atoms with Crippen LogP contribution < -0.4 is 15.1 Å². The van der Waals surface area contributed by atoms with E-state index in [1.807, 2.05) is 29.2 Å². The number of anilines is 3. The van der Waals surface area contributed by atoms with E-state index in [4.69, 9.17) is 4.52 Å². The van der Waals surface area contributed by atoms with E-state index in [9.17, 15) is 4.79 Å². The fraction of sp³-hybridized carbons (Fsp3) is 0.350. The number of hydrogen-bond donors (Lipinski definition) is 1. The van der Waals surface area contributed by atoms with Gasteiger partial charge in [-0.25, -0.2) is 4.98 Å². The van der Waals surface area contributed by atoms with Gasteiger partial charge in [0.25, 0.3) is 5.91 Å². The van der Waals surface area contributed by atoms with Crippen LogP contribution >= 0.6 is 0 Å². The summed E-state index contributed by atoms with van der Waals surface area (Å²) < 4.78 is 5.10. The first kappa shape index (κ1) is 17.6. The fourth-order valence-corrected chi connectivity index (χ4v) is 4.06. The molecule has 2 aliphatic rings. The van der Waals surface area contributed by atoms with E-state index in [-0.39, 0.29) is 11.9 Å². The minimum atomic E-state index is -0.0986. The largest absolute Gasteiger partial charge is 0.357 e. The van der Waals surface area contributed by atoms with Crippen LogP contribution in [0.25, 0.3) is 11.4 Å². The maximum Gasteiger partial charge on any atom is 0.263 e. The second-order valence-corrected chi connectivity index (χ2v) is 7.27. The Balaban J connectivity index is 1.58. The molecule has 5 rings (SSSR count). The summed E-state index contributed by atoms with van der Waals surface area (Å²) in [6.45, 7) is 3.24. The highest BCUT2D eigenvalue weighted by Gasteiger charge is 2.37. The van der Waals surface area contributed by atoms with Crippen LogP contribution in [0.5, 0.6) is 0 Å². The molecule has 0 bridgehead atoms. The number of aryl methyl sites for hydroxylation is 1. The van der Waals surface area contributed by atoms with Gasteiger partial charge in [-0.2, -0.15) is 9.97 Å². The molecule has 1 amide bonds. The van der Waals surface area contributed by atoms with Gasteiger partial charge in [-0.1, -0.05) is 17.3 Å². The average molecular weight is 391 g/mol. The number of carbonyl (C=O) groups excluding carboxylic acids is 1. The molecule has 148 valence electrons. The van der Waals surface area contributed by atoms with Crippen LogP contribution in [0, 0.1) is 6.92 Å². The lowest BCUT2D eigenvalue weighted by atomic mass is 10.1. The highest BCUT2D eigenvalue weighted by Crippen LogP contribution is 2.34.